The SMILES string of the molecule is CN(C)CC(=O)Nc1cc(Cl)c(F)c(Cl)c1. The van der Waals surface area contributed by atoms with Crippen molar-refractivity contribution in [1.82, 2.24) is 4.90 Å². The fourth-order valence-electron chi connectivity index (χ4n) is 1.12. The van der Waals surface area contributed by atoms with Gasteiger partial charge in [-0.1, -0.05) is 23.2 Å². The zero-order chi connectivity index (χ0) is 12.3. The minimum absolute atomic E-state index is 0.118. The van der Waals surface area contributed by atoms with Crippen LogP contribution >= 0.6 is 23.2 Å². The lowest BCUT2D eigenvalue weighted by molar-refractivity contribution is -0.116. The van der Waals surface area contributed by atoms with E-state index in [1.165, 1.54) is 12.1 Å². The van der Waals surface area contributed by atoms with Gasteiger partial charge in [0.05, 0.1) is 16.6 Å². The van der Waals surface area contributed by atoms with Gasteiger partial charge in [0, 0.05) is 5.69 Å². The topological polar surface area (TPSA) is 32.3 Å². The lowest BCUT2D eigenvalue weighted by Gasteiger charge is -2.10. The molecule has 1 N–H and O–H groups in total. The Morgan fingerprint density at radius 3 is 2.31 bits per heavy atom. The molecule has 1 amide bonds. The Kier molecular flexibility index (Phi) is 4.53. The van der Waals surface area contributed by atoms with Crippen molar-refractivity contribution in [1.29, 1.82) is 0 Å². The van der Waals surface area contributed by atoms with Gasteiger partial charge in [-0.15, -0.1) is 0 Å². The summed E-state index contributed by atoms with van der Waals surface area (Å²) < 4.78 is 13.1. The van der Waals surface area contributed by atoms with Gasteiger partial charge in [-0.25, -0.2) is 4.39 Å². The second-order valence-electron chi connectivity index (χ2n) is 3.54. The Bertz CT molecular complexity index is 387. The normalized spacial score (nSPS) is 10.6. The first kappa shape index (κ1) is 13.2. The van der Waals surface area contributed by atoms with E-state index in [1.807, 2.05) is 0 Å². The summed E-state index contributed by atoms with van der Waals surface area (Å²) in [4.78, 5) is 13.1. The van der Waals surface area contributed by atoms with Crippen molar-refractivity contribution < 1.29 is 9.18 Å². The maximum atomic E-state index is 13.1. The molecule has 0 spiro atoms. The van der Waals surface area contributed by atoms with Gasteiger partial charge in [-0.3, -0.25) is 4.79 Å². The molecular weight excluding hydrogens is 254 g/mol. The average molecular weight is 265 g/mol. The second kappa shape index (κ2) is 5.48. The van der Waals surface area contributed by atoms with Crippen LogP contribution in [0.2, 0.25) is 10.0 Å². The van der Waals surface area contributed by atoms with E-state index in [2.05, 4.69) is 5.32 Å². The minimum atomic E-state index is -0.686. The average Bonchev–Trinajstić information content (AvgIpc) is 2.12. The van der Waals surface area contributed by atoms with E-state index in [0.29, 0.717) is 5.69 Å². The first-order valence-corrected chi connectivity index (χ1v) is 5.25. The third-order valence-electron chi connectivity index (χ3n) is 1.73. The van der Waals surface area contributed by atoms with Gasteiger partial charge in [0.2, 0.25) is 5.91 Å². The van der Waals surface area contributed by atoms with Crippen LogP contribution in [0, 0.1) is 5.82 Å². The number of hydrogen-bond donors (Lipinski definition) is 1. The molecule has 6 heteroatoms. The Morgan fingerprint density at radius 1 is 1.38 bits per heavy atom. The molecule has 0 unspecified atom stereocenters. The fraction of sp³-hybridized carbons (Fsp3) is 0.300. The molecule has 1 aromatic carbocycles. The van der Waals surface area contributed by atoms with Crippen LogP contribution in [0.4, 0.5) is 10.1 Å². The monoisotopic (exact) mass is 264 g/mol. The lowest BCUT2D eigenvalue weighted by atomic mass is 10.3. The molecular formula is C10H11Cl2FN2O. The molecule has 16 heavy (non-hydrogen) atoms. The third-order valence-corrected chi connectivity index (χ3v) is 2.28. The van der Waals surface area contributed by atoms with Crippen molar-refractivity contribution in [3.05, 3.63) is 28.0 Å². The number of anilines is 1. The van der Waals surface area contributed by atoms with E-state index < -0.39 is 5.82 Å². The number of nitrogens with zero attached hydrogens (tertiary/aromatic N) is 1. The van der Waals surface area contributed by atoms with Crippen LogP contribution in [0.5, 0.6) is 0 Å². The maximum Gasteiger partial charge on any atom is 0.238 e. The fourth-order valence-corrected chi connectivity index (χ4v) is 1.60. The van der Waals surface area contributed by atoms with Gasteiger partial charge in [-0.05, 0) is 26.2 Å². The third kappa shape index (κ3) is 3.63. The molecule has 0 aliphatic heterocycles. The summed E-state index contributed by atoms with van der Waals surface area (Å²) in [5.41, 5.74) is 0.378. The summed E-state index contributed by atoms with van der Waals surface area (Å²) in [5.74, 6) is -0.905. The van der Waals surface area contributed by atoms with Gasteiger partial charge in [-0.2, -0.15) is 0 Å². The molecule has 0 fully saturated rings. The van der Waals surface area contributed by atoms with Crippen molar-refractivity contribution in [2.45, 2.75) is 0 Å². The summed E-state index contributed by atoms with van der Waals surface area (Å²) in [6, 6.07) is 2.63. The van der Waals surface area contributed by atoms with E-state index in [0.717, 1.165) is 0 Å². The number of nitrogens with one attached hydrogen (secondary N) is 1. The first-order valence-electron chi connectivity index (χ1n) is 4.49. The second-order valence-corrected chi connectivity index (χ2v) is 4.35. The van der Waals surface area contributed by atoms with Crippen LogP contribution in [-0.4, -0.2) is 31.4 Å². The van der Waals surface area contributed by atoms with Crippen molar-refractivity contribution in [3.8, 4) is 0 Å². The van der Waals surface area contributed by atoms with Gasteiger partial charge in [0.15, 0.2) is 5.82 Å². The summed E-state index contributed by atoms with van der Waals surface area (Å²) >= 11 is 11.2. The summed E-state index contributed by atoms with van der Waals surface area (Å²) in [6.07, 6.45) is 0. The molecule has 0 bridgehead atoms. The van der Waals surface area contributed by atoms with Crippen LogP contribution < -0.4 is 5.32 Å². The minimum Gasteiger partial charge on any atom is -0.325 e. The van der Waals surface area contributed by atoms with Gasteiger partial charge in [0.1, 0.15) is 0 Å². The molecule has 0 saturated carbocycles. The lowest BCUT2D eigenvalue weighted by Crippen LogP contribution is -2.27. The largest absolute Gasteiger partial charge is 0.325 e. The Hall–Kier alpha value is -0.840. The van der Waals surface area contributed by atoms with Crippen LogP contribution in [0.25, 0.3) is 0 Å². The van der Waals surface area contributed by atoms with E-state index in [-0.39, 0.29) is 22.5 Å². The molecule has 0 aliphatic carbocycles. The van der Waals surface area contributed by atoms with E-state index in [9.17, 15) is 9.18 Å². The Labute approximate surface area is 103 Å². The highest BCUT2D eigenvalue weighted by molar-refractivity contribution is 6.35. The maximum absolute atomic E-state index is 13.1. The summed E-state index contributed by atoms with van der Waals surface area (Å²) in [6.45, 7) is 0.229. The van der Waals surface area contributed by atoms with Crippen molar-refractivity contribution >= 4 is 34.8 Å². The van der Waals surface area contributed by atoms with E-state index in [4.69, 9.17) is 23.2 Å². The van der Waals surface area contributed by atoms with Gasteiger partial charge in [0.25, 0.3) is 0 Å². The number of carbonyl (C=O) groups is 1. The number of hydrogen-bond acceptors (Lipinski definition) is 2. The molecule has 1 aromatic rings. The highest BCUT2D eigenvalue weighted by Crippen LogP contribution is 2.27. The molecule has 0 saturated heterocycles. The van der Waals surface area contributed by atoms with Crippen LogP contribution in [-0.2, 0) is 4.79 Å². The molecule has 0 radical (unpaired) electrons. The standard InChI is InChI=1S/C10H11Cl2FN2O/c1-15(2)5-9(16)14-6-3-7(11)10(13)8(12)4-6/h3-4H,5H2,1-2H3,(H,14,16). The Balaban J connectivity index is 2.79. The predicted octanol–water partition coefficient (Wildman–Crippen LogP) is 2.63. The molecule has 1 rings (SSSR count). The van der Waals surface area contributed by atoms with Crippen LogP contribution in [0.3, 0.4) is 0 Å². The molecule has 0 heterocycles. The van der Waals surface area contributed by atoms with Crippen molar-refractivity contribution in [3.63, 3.8) is 0 Å². The summed E-state index contributed by atoms with van der Waals surface area (Å²) in [5, 5.41) is 2.33. The first-order chi connectivity index (χ1) is 7.40. The molecule has 0 aliphatic rings. The highest BCUT2D eigenvalue weighted by Gasteiger charge is 2.09. The zero-order valence-corrected chi connectivity index (χ0v) is 10.4. The Morgan fingerprint density at radius 2 is 1.88 bits per heavy atom. The number of carbonyl (C=O) groups excluding carboxylic acids is 1. The van der Waals surface area contributed by atoms with Crippen LogP contribution in [0.15, 0.2) is 12.1 Å². The molecule has 88 valence electrons. The number of halogens is 3. The van der Waals surface area contributed by atoms with Gasteiger partial charge >= 0.3 is 0 Å². The molecule has 0 aromatic heterocycles. The van der Waals surface area contributed by atoms with E-state index in [1.54, 1.807) is 19.0 Å². The van der Waals surface area contributed by atoms with E-state index >= 15 is 0 Å². The highest BCUT2D eigenvalue weighted by atomic mass is 35.5. The predicted molar refractivity (Wildman–Crippen MR) is 63.6 cm³/mol. The number of amides is 1. The van der Waals surface area contributed by atoms with Crippen molar-refractivity contribution in [2.24, 2.45) is 0 Å². The number of benzene rings is 1. The van der Waals surface area contributed by atoms with Crippen molar-refractivity contribution in [2.75, 3.05) is 26.0 Å². The van der Waals surface area contributed by atoms with Crippen LogP contribution in [0.1, 0.15) is 0 Å². The molecule has 3 nitrogen and oxygen atoms in total. The number of likely N-dealkylation sites (N-methyl/N-ethyl adjacent to an activating group) is 1. The quantitative estimate of drug-likeness (QED) is 0.852. The summed E-state index contributed by atoms with van der Waals surface area (Å²) in [7, 11) is 3.54. The van der Waals surface area contributed by atoms with Gasteiger partial charge < -0.3 is 10.2 Å². The smallest absolute Gasteiger partial charge is 0.238 e. The molecule has 0 atom stereocenters. The zero-order valence-electron chi connectivity index (χ0n) is 8.85. The number of rotatable bonds is 3.